The molecule has 0 aliphatic rings. The van der Waals surface area contributed by atoms with Gasteiger partial charge >= 0.3 is 5.97 Å². The van der Waals surface area contributed by atoms with E-state index in [1.807, 2.05) is 19.1 Å². The summed E-state index contributed by atoms with van der Waals surface area (Å²) < 4.78 is 11.0. The van der Waals surface area contributed by atoms with Crippen LogP contribution in [0.4, 0.5) is 0 Å². The van der Waals surface area contributed by atoms with Crippen LogP contribution in [0.2, 0.25) is 0 Å². The van der Waals surface area contributed by atoms with Crippen molar-refractivity contribution in [3.63, 3.8) is 0 Å². The number of phenolic OH excluding ortho intramolecular Hbond substituents is 1. The zero-order valence-corrected chi connectivity index (χ0v) is 18.3. The molecule has 0 aromatic heterocycles. The molecule has 1 aromatic rings. The van der Waals surface area contributed by atoms with Crippen LogP contribution in [0.1, 0.15) is 77.5 Å². The Bertz CT molecular complexity index is 610. The molecule has 0 atom stereocenters. The molecule has 0 amide bonds. The lowest BCUT2D eigenvalue weighted by Crippen LogP contribution is -2.23. The molecule has 0 saturated heterocycles. The maximum absolute atomic E-state index is 12.0. The maximum atomic E-state index is 12.0. The van der Waals surface area contributed by atoms with Crippen LogP contribution in [0.15, 0.2) is 12.1 Å². The van der Waals surface area contributed by atoms with Crippen molar-refractivity contribution in [2.45, 2.75) is 79.6 Å². The van der Waals surface area contributed by atoms with E-state index in [2.05, 4.69) is 41.5 Å². The molecule has 0 unspecified atom stereocenters. The number of hydrogen-bond acceptors (Lipinski definition) is 4. The van der Waals surface area contributed by atoms with Gasteiger partial charge < -0.3 is 14.6 Å². The van der Waals surface area contributed by atoms with Crippen LogP contribution >= 0.6 is 0 Å². The number of carbonyl (C=O) groups excluding carboxylic acids is 1. The number of carbonyl (C=O) groups is 1. The highest BCUT2D eigenvalue weighted by Crippen LogP contribution is 2.34. The van der Waals surface area contributed by atoms with Crippen molar-refractivity contribution in [1.29, 1.82) is 0 Å². The van der Waals surface area contributed by atoms with Gasteiger partial charge in [0.15, 0.2) is 0 Å². The highest BCUT2D eigenvalue weighted by atomic mass is 16.6. The molecule has 0 fully saturated rings. The second-order valence-electron chi connectivity index (χ2n) is 8.85. The summed E-state index contributed by atoms with van der Waals surface area (Å²) >= 11 is 0. The molecule has 4 heteroatoms. The van der Waals surface area contributed by atoms with Crippen molar-refractivity contribution in [1.82, 2.24) is 0 Å². The Morgan fingerprint density at radius 1 is 1.07 bits per heavy atom. The van der Waals surface area contributed by atoms with Gasteiger partial charge in [-0.15, -0.1) is 0 Å². The molecule has 0 radical (unpaired) electrons. The second-order valence-corrected chi connectivity index (χ2v) is 8.85. The van der Waals surface area contributed by atoms with Gasteiger partial charge in [0.25, 0.3) is 0 Å². The number of ether oxygens (including phenoxy) is 2. The topological polar surface area (TPSA) is 55.8 Å². The average Bonchev–Trinajstić information content (AvgIpc) is 2.61. The summed E-state index contributed by atoms with van der Waals surface area (Å²) in [6.07, 6.45) is 3.08. The normalized spacial score (nSPS) is 12.3. The Morgan fingerprint density at radius 3 is 2.26 bits per heavy atom. The minimum absolute atomic E-state index is 0.145. The first-order valence-electron chi connectivity index (χ1n) is 10.1. The quantitative estimate of drug-likeness (QED) is 0.442. The predicted octanol–water partition coefficient (Wildman–Crippen LogP) is 5.32. The SMILES string of the molecule is CCC(C)(CC)COCCOC(=O)CCc1cc(C)c(O)c(C(C)(C)C)c1. The third-order valence-corrected chi connectivity index (χ3v) is 5.43. The Kier molecular flexibility index (Phi) is 8.80. The molecule has 4 nitrogen and oxygen atoms in total. The van der Waals surface area contributed by atoms with Gasteiger partial charge in [0.2, 0.25) is 0 Å². The largest absolute Gasteiger partial charge is 0.507 e. The van der Waals surface area contributed by atoms with E-state index >= 15 is 0 Å². The molecule has 0 heterocycles. The summed E-state index contributed by atoms with van der Waals surface area (Å²) in [5.74, 6) is 0.132. The lowest BCUT2D eigenvalue weighted by Gasteiger charge is -2.26. The summed E-state index contributed by atoms with van der Waals surface area (Å²) in [5, 5.41) is 10.3. The fraction of sp³-hybridized carbons (Fsp3) is 0.696. The zero-order valence-electron chi connectivity index (χ0n) is 18.3. The molecule has 1 N–H and O–H groups in total. The van der Waals surface area contributed by atoms with Crippen molar-refractivity contribution < 1.29 is 19.4 Å². The van der Waals surface area contributed by atoms with E-state index in [-0.39, 0.29) is 16.8 Å². The molecule has 0 spiro atoms. The third-order valence-electron chi connectivity index (χ3n) is 5.43. The van der Waals surface area contributed by atoms with Gasteiger partial charge in [-0.05, 0) is 53.7 Å². The summed E-state index contributed by atoms with van der Waals surface area (Å²) in [6.45, 7) is 16.1. The zero-order chi connectivity index (χ0) is 20.7. The molecule has 1 rings (SSSR count). The highest BCUT2D eigenvalue weighted by Gasteiger charge is 2.21. The number of aromatic hydroxyl groups is 1. The summed E-state index contributed by atoms with van der Waals surface area (Å²) in [6, 6.07) is 3.94. The molecule has 0 bridgehead atoms. The number of aryl methyl sites for hydroxylation is 2. The molecular weight excluding hydrogens is 340 g/mol. The minimum Gasteiger partial charge on any atom is -0.507 e. The molecular formula is C23H38O4. The number of esters is 1. The monoisotopic (exact) mass is 378 g/mol. The first-order chi connectivity index (χ1) is 12.5. The Hall–Kier alpha value is -1.55. The summed E-state index contributed by atoms with van der Waals surface area (Å²) in [7, 11) is 0. The van der Waals surface area contributed by atoms with Crippen LogP contribution in [-0.2, 0) is 26.1 Å². The van der Waals surface area contributed by atoms with Gasteiger partial charge in [-0.1, -0.05) is 53.7 Å². The molecule has 1 aromatic carbocycles. The summed E-state index contributed by atoms with van der Waals surface area (Å²) in [4.78, 5) is 12.0. The first-order valence-corrected chi connectivity index (χ1v) is 10.1. The van der Waals surface area contributed by atoms with Crippen molar-refractivity contribution >= 4 is 5.97 Å². The van der Waals surface area contributed by atoms with E-state index in [9.17, 15) is 9.90 Å². The van der Waals surface area contributed by atoms with Gasteiger partial charge in [0, 0.05) is 6.42 Å². The standard InChI is InChI=1S/C23H38O4/c1-8-23(7,9-2)16-26-12-13-27-20(24)11-10-18-14-17(3)21(25)19(15-18)22(4,5)6/h14-15,25H,8-13,16H2,1-7H3. The number of benzene rings is 1. The smallest absolute Gasteiger partial charge is 0.306 e. The van der Waals surface area contributed by atoms with E-state index in [0.717, 1.165) is 29.5 Å². The van der Waals surface area contributed by atoms with E-state index in [1.165, 1.54) is 0 Å². The van der Waals surface area contributed by atoms with Crippen LogP contribution in [0.25, 0.3) is 0 Å². The van der Waals surface area contributed by atoms with Crippen molar-refractivity contribution in [3.8, 4) is 5.75 Å². The lowest BCUT2D eigenvalue weighted by atomic mass is 9.83. The Morgan fingerprint density at radius 2 is 1.70 bits per heavy atom. The predicted molar refractivity (Wildman–Crippen MR) is 110 cm³/mol. The van der Waals surface area contributed by atoms with Crippen molar-refractivity contribution in [3.05, 3.63) is 28.8 Å². The van der Waals surface area contributed by atoms with Crippen LogP contribution in [-0.4, -0.2) is 30.9 Å². The van der Waals surface area contributed by atoms with E-state index in [1.54, 1.807) is 0 Å². The van der Waals surface area contributed by atoms with Gasteiger partial charge in [0.05, 0.1) is 13.2 Å². The molecule has 0 aliphatic heterocycles. The van der Waals surface area contributed by atoms with E-state index in [0.29, 0.717) is 38.4 Å². The number of hydrogen-bond donors (Lipinski definition) is 1. The van der Waals surface area contributed by atoms with Crippen molar-refractivity contribution in [2.75, 3.05) is 19.8 Å². The lowest BCUT2D eigenvalue weighted by molar-refractivity contribution is -0.145. The average molecular weight is 379 g/mol. The number of rotatable bonds is 10. The molecule has 154 valence electrons. The first kappa shape index (κ1) is 23.5. The molecule has 0 saturated carbocycles. The Balaban J connectivity index is 2.44. The maximum Gasteiger partial charge on any atom is 0.306 e. The highest BCUT2D eigenvalue weighted by molar-refractivity contribution is 5.69. The van der Waals surface area contributed by atoms with Gasteiger partial charge in [0.1, 0.15) is 12.4 Å². The third kappa shape index (κ3) is 7.53. The van der Waals surface area contributed by atoms with Gasteiger partial charge in [-0.2, -0.15) is 0 Å². The van der Waals surface area contributed by atoms with E-state index < -0.39 is 0 Å². The van der Waals surface area contributed by atoms with E-state index in [4.69, 9.17) is 9.47 Å². The molecule has 0 aliphatic carbocycles. The van der Waals surface area contributed by atoms with Gasteiger partial charge in [-0.25, -0.2) is 0 Å². The van der Waals surface area contributed by atoms with Crippen LogP contribution in [0.3, 0.4) is 0 Å². The van der Waals surface area contributed by atoms with Crippen LogP contribution in [0.5, 0.6) is 5.75 Å². The number of phenols is 1. The van der Waals surface area contributed by atoms with Gasteiger partial charge in [-0.3, -0.25) is 4.79 Å². The Labute approximate surface area is 165 Å². The van der Waals surface area contributed by atoms with Crippen molar-refractivity contribution in [2.24, 2.45) is 5.41 Å². The minimum atomic E-state index is -0.213. The fourth-order valence-corrected chi connectivity index (χ4v) is 2.88. The fourth-order valence-electron chi connectivity index (χ4n) is 2.88. The molecule has 27 heavy (non-hydrogen) atoms. The second kappa shape index (κ2) is 10.1. The van der Waals surface area contributed by atoms with Crippen LogP contribution in [0, 0.1) is 12.3 Å². The van der Waals surface area contributed by atoms with Crippen LogP contribution < -0.4 is 0 Å². The summed E-state index contributed by atoms with van der Waals surface area (Å²) in [5.41, 5.74) is 2.85.